The van der Waals surface area contributed by atoms with Crippen molar-refractivity contribution < 1.29 is 0 Å². The van der Waals surface area contributed by atoms with E-state index < -0.39 is 0 Å². The zero-order valence-electron chi connectivity index (χ0n) is 11.4. The van der Waals surface area contributed by atoms with Crippen molar-refractivity contribution in [1.29, 1.82) is 0 Å². The lowest BCUT2D eigenvalue weighted by molar-refractivity contribution is 0.558. The summed E-state index contributed by atoms with van der Waals surface area (Å²) in [5.74, 6) is 0. The van der Waals surface area contributed by atoms with Gasteiger partial charge in [0.2, 0.25) is 0 Å². The standard InChI is InChI=1S/C16H27N/c1-2-15-13-14-11-9-7-5-3-4-6-8-10-12-16(14)17-15/h13,17H,2-12H2,1H3. The fraction of sp³-hybridized carbons (Fsp3) is 0.750. The van der Waals surface area contributed by atoms with Crippen LogP contribution in [0.4, 0.5) is 0 Å². The lowest BCUT2D eigenvalue weighted by Crippen LogP contribution is -1.95. The normalized spacial score (nSPS) is 19.1. The van der Waals surface area contributed by atoms with Crippen molar-refractivity contribution >= 4 is 0 Å². The van der Waals surface area contributed by atoms with E-state index in [0.29, 0.717) is 0 Å². The van der Waals surface area contributed by atoms with E-state index in [-0.39, 0.29) is 0 Å². The van der Waals surface area contributed by atoms with Crippen LogP contribution in [0.3, 0.4) is 0 Å². The Morgan fingerprint density at radius 1 is 0.882 bits per heavy atom. The van der Waals surface area contributed by atoms with Gasteiger partial charge >= 0.3 is 0 Å². The molecule has 1 aliphatic rings. The molecule has 0 radical (unpaired) electrons. The Bertz CT molecular complexity index is 295. The fourth-order valence-electron chi connectivity index (χ4n) is 2.92. The van der Waals surface area contributed by atoms with E-state index in [0.717, 1.165) is 6.42 Å². The van der Waals surface area contributed by atoms with Gasteiger partial charge in [0, 0.05) is 11.4 Å². The monoisotopic (exact) mass is 233 g/mol. The van der Waals surface area contributed by atoms with Crippen LogP contribution in [0.15, 0.2) is 6.07 Å². The van der Waals surface area contributed by atoms with Crippen molar-refractivity contribution in [2.24, 2.45) is 0 Å². The Kier molecular flexibility index (Phi) is 5.15. The predicted octanol–water partition coefficient (Wildman–Crippen LogP) is 4.80. The maximum atomic E-state index is 3.64. The molecule has 1 aromatic heterocycles. The number of rotatable bonds is 1. The summed E-state index contributed by atoms with van der Waals surface area (Å²) in [5, 5.41) is 0. The zero-order chi connectivity index (χ0) is 11.9. The summed E-state index contributed by atoms with van der Waals surface area (Å²) >= 11 is 0. The Morgan fingerprint density at radius 3 is 2.12 bits per heavy atom. The van der Waals surface area contributed by atoms with Gasteiger partial charge in [0.1, 0.15) is 0 Å². The van der Waals surface area contributed by atoms with Crippen LogP contribution < -0.4 is 0 Å². The van der Waals surface area contributed by atoms with Crippen LogP contribution >= 0.6 is 0 Å². The number of nitrogens with one attached hydrogen (secondary N) is 1. The second-order valence-corrected chi connectivity index (χ2v) is 5.48. The molecule has 2 rings (SSSR count). The number of aromatic nitrogens is 1. The third kappa shape index (κ3) is 3.90. The van der Waals surface area contributed by atoms with Gasteiger partial charge in [-0.1, -0.05) is 45.4 Å². The van der Waals surface area contributed by atoms with Gasteiger partial charge in [-0.05, 0) is 43.7 Å². The van der Waals surface area contributed by atoms with Gasteiger partial charge in [-0.2, -0.15) is 0 Å². The van der Waals surface area contributed by atoms with Crippen LogP contribution in [-0.2, 0) is 19.3 Å². The minimum absolute atomic E-state index is 1.15. The van der Waals surface area contributed by atoms with Gasteiger partial charge in [-0.3, -0.25) is 0 Å². The molecule has 0 aliphatic heterocycles. The van der Waals surface area contributed by atoms with Gasteiger partial charge in [0.15, 0.2) is 0 Å². The molecule has 1 aliphatic carbocycles. The van der Waals surface area contributed by atoms with Gasteiger partial charge < -0.3 is 4.98 Å². The molecule has 0 saturated carbocycles. The summed E-state index contributed by atoms with van der Waals surface area (Å²) in [6, 6.07) is 2.42. The molecule has 1 N–H and O–H groups in total. The number of hydrogen-bond acceptors (Lipinski definition) is 0. The van der Waals surface area contributed by atoms with Crippen molar-refractivity contribution in [2.45, 2.75) is 77.6 Å². The number of fused-ring (bicyclic) bond motifs is 1. The average Bonchev–Trinajstić information content (AvgIpc) is 2.72. The predicted molar refractivity (Wildman–Crippen MR) is 74.5 cm³/mol. The van der Waals surface area contributed by atoms with Gasteiger partial charge in [0.25, 0.3) is 0 Å². The summed E-state index contributed by atoms with van der Waals surface area (Å²) in [6.07, 6.45) is 15.1. The zero-order valence-corrected chi connectivity index (χ0v) is 11.4. The molecule has 0 fully saturated rings. The summed E-state index contributed by atoms with van der Waals surface area (Å²) in [5.41, 5.74) is 4.59. The molecule has 17 heavy (non-hydrogen) atoms. The van der Waals surface area contributed by atoms with E-state index >= 15 is 0 Å². The first-order valence-corrected chi connectivity index (χ1v) is 7.60. The fourth-order valence-corrected chi connectivity index (χ4v) is 2.92. The van der Waals surface area contributed by atoms with Crippen molar-refractivity contribution in [3.63, 3.8) is 0 Å². The Morgan fingerprint density at radius 2 is 1.47 bits per heavy atom. The van der Waals surface area contributed by atoms with Crippen LogP contribution in [0.25, 0.3) is 0 Å². The maximum absolute atomic E-state index is 3.64. The van der Waals surface area contributed by atoms with Crippen LogP contribution in [0.1, 0.15) is 75.2 Å². The molecule has 0 unspecified atom stereocenters. The molecule has 1 aromatic rings. The molecule has 1 heterocycles. The van der Waals surface area contributed by atoms with Crippen LogP contribution in [0, 0.1) is 0 Å². The minimum atomic E-state index is 1.15. The molecule has 0 saturated heterocycles. The SMILES string of the molecule is CCc1cc2c([nH]1)CCCCCCCCCC2. The third-order valence-electron chi connectivity index (χ3n) is 4.05. The number of aromatic amines is 1. The second-order valence-electron chi connectivity index (χ2n) is 5.48. The van der Waals surface area contributed by atoms with Crippen LogP contribution in [0.5, 0.6) is 0 Å². The van der Waals surface area contributed by atoms with E-state index in [1.807, 2.05) is 0 Å². The molecule has 0 atom stereocenters. The first kappa shape index (κ1) is 12.7. The highest BCUT2D eigenvalue weighted by molar-refractivity contribution is 5.26. The van der Waals surface area contributed by atoms with Gasteiger partial charge in [0.05, 0.1) is 0 Å². The van der Waals surface area contributed by atoms with Crippen molar-refractivity contribution in [2.75, 3.05) is 0 Å². The quantitative estimate of drug-likeness (QED) is 0.717. The Hall–Kier alpha value is -0.720. The largest absolute Gasteiger partial charge is 0.362 e. The minimum Gasteiger partial charge on any atom is -0.362 e. The Balaban J connectivity index is 2.01. The highest BCUT2D eigenvalue weighted by atomic mass is 14.7. The van der Waals surface area contributed by atoms with E-state index in [1.165, 1.54) is 69.9 Å². The van der Waals surface area contributed by atoms with Crippen LogP contribution in [0.2, 0.25) is 0 Å². The smallest absolute Gasteiger partial charge is 0.0181 e. The molecule has 1 nitrogen and oxygen atoms in total. The first-order chi connectivity index (χ1) is 8.40. The molecule has 0 amide bonds. The Labute approximate surface area is 106 Å². The second kappa shape index (κ2) is 6.88. The van der Waals surface area contributed by atoms with Crippen molar-refractivity contribution in [3.8, 4) is 0 Å². The molecule has 0 spiro atoms. The maximum Gasteiger partial charge on any atom is 0.0181 e. The third-order valence-corrected chi connectivity index (χ3v) is 4.05. The molecule has 0 bridgehead atoms. The summed E-state index contributed by atoms with van der Waals surface area (Å²) in [4.78, 5) is 3.64. The van der Waals surface area contributed by atoms with Crippen LogP contribution in [-0.4, -0.2) is 4.98 Å². The van der Waals surface area contributed by atoms with Crippen molar-refractivity contribution in [3.05, 3.63) is 23.0 Å². The van der Waals surface area contributed by atoms with E-state index in [1.54, 1.807) is 11.3 Å². The summed E-state index contributed by atoms with van der Waals surface area (Å²) in [7, 11) is 0. The highest BCUT2D eigenvalue weighted by Crippen LogP contribution is 2.20. The van der Waals surface area contributed by atoms with E-state index in [9.17, 15) is 0 Å². The topological polar surface area (TPSA) is 15.8 Å². The molecule has 0 aromatic carbocycles. The highest BCUT2D eigenvalue weighted by Gasteiger charge is 2.08. The molecular weight excluding hydrogens is 206 g/mol. The summed E-state index contributed by atoms with van der Waals surface area (Å²) < 4.78 is 0. The number of aryl methyl sites for hydroxylation is 3. The lowest BCUT2D eigenvalue weighted by Gasteiger charge is -2.07. The summed E-state index contributed by atoms with van der Waals surface area (Å²) in [6.45, 7) is 2.24. The first-order valence-electron chi connectivity index (χ1n) is 7.60. The van der Waals surface area contributed by atoms with E-state index in [4.69, 9.17) is 0 Å². The number of H-pyrrole nitrogens is 1. The molecule has 96 valence electrons. The van der Waals surface area contributed by atoms with E-state index in [2.05, 4.69) is 18.0 Å². The van der Waals surface area contributed by atoms with Gasteiger partial charge in [-0.25, -0.2) is 0 Å². The molecule has 1 heteroatoms. The van der Waals surface area contributed by atoms with Crippen molar-refractivity contribution in [1.82, 2.24) is 4.98 Å². The number of hydrogen-bond donors (Lipinski definition) is 1. The van der Waals surface area contributed by atoms with Gasteiger partial charge in [-0.15, -0.1) is 0 Å². The molecular formula is C16H27N. The average molecular weight is 233 g/mol. The lowest BCUT2D eigenvalue weighted by atomic mass is 9.99.